The smallest absolute Gasteiger partial charge is 0.142 e. The number of methoxy groups -OCH3 is 1. The topological polar surface area (TPSA) is 71.1 Å². The van der Waals surface area contributed by atoms with Crippen molar-refractivity contribution in [3.8, 4) is 11.8 Å². The van der Waals surface area contributed by atoms with Gasteiger partial charge >= 0.3 is 0 Å². The Balaban J connectivity index is 2.28. The highest BCUT2D eigenvalue weighted by Crippen LogP contribution is 2.28. The molecular formula is C15H15N3O. The number of rotatable bonds is 4. The maximum Gasteiger partial charge on any atom is 0.142 e. The molecule has 96 valence electrons. The van der Waals surface area contributed by atoms with Crippen LogP contribution in [0.5, 0.6) is 5.75 Å². The summed E-state index contributed by atoms with van der Waals surface area (Å²) in [6.07, 6.45) is 0.299. The van der Waals surface area contributed by atoms with E-state index in [-0.39, 0.29) is 0 Å². The van der Waals surface area contributed by atoms with Crippen molar-refractivity contribution in [3.63, 3.8) is 0 Å². The van der Waals surface area contributed by atoms with Crippen LogP contribution in [-0.4, -0.2) is 7.11 Å². The van der Waals surface area contributed by atoms with Crippen molar-refractivity contribution in [2.45, 2.75) is 6.42 Å². The Hall–Kier alpha value is -2.67. The summed E-state index contributed by atoms with van der Waals surface area (Å²) in [7, 11) is 1.63. The van der Waals surface area contributed by atoms with Crippen LogP contribution in [0, 0.1) is 11.3 Å². The van der Waals surface area contributed by atoms with Gasteiger partial charge in [-0.3, -0.25) is 0 Å². The standard InChI is InChI=1S/C15H15N3O/c1-19-15-5-3-2-4-14(15)18-12-6-7-13(17)11(10-12)8-9-16/h2-7,10,18H,8,17H2,1H3. The molecule has 0 radical (unpaired) electrons. The zero-order valence-corrected chi connectivity index (χ0v) is 10.7. The highest BCUT2D eigenvalue weighted by atomic mass is 16.5. The fraction of sp³-hybridized carbons (Fsp3) is 0.133. The van der Waals surface area contributed by atoms with Gasteiger partial charge in [-0.2, -0.15) is 5.26 Å². The Bertz CT molecular complexity index is 617. The minimum absolute atomic E-state index is 0.299. The van der Waals surface area contributed by atoms with Gasteiger partial charge in [-0.05, 0) is 35.9 Å². The molecule has 2 aromatic carbocycles. The summed E-state index contributed by atoms with van der Waals surface area (Å²) in [5.41, 5.74) is 9.03. The molecule has 4 heteroatoms. The number of nitrogens with two attached hydrogens (primary N) is 1. The van der Waals surface area contributed by atoms with E-state index in [0.29, 0.717) is 12.1 Å². The Morgan fingerprint density at radius 3 is 2.79 bits per heavy atom. The molecule has 0 fully saturated rings. The number of hydrogen-bond acceptors (Lipinski definition) is 4. The Morgan fingerprint density at radius 2 is 2.05 bits per heavy atom. The second-order valence-corrected chi connectivity index (χ2v) is 4.07. The zero-order chi connectivity index (χ0) is 13.7. The first-order valence-electron chi connectivity index (χ1n) is 5.90. The monoisotopic (exact) mass is 253 g/mol. The number of nitrogen functional groups attached to an aromatic ring is 1. The number of ether oxygens (including phenoxy) is 1. The van der Waals surface area contributed by atoms with E-state index in [1.807, 2.05) is 36.4 Å². The molecular weight excluding hydrogens is 238 g/mol. The minimum atomic E-state index is 0.299. The molecule has 19 heavy (non-hydrogen) atoms. The van der Waals surface area contributed by atoms with Crippen LogP contribution in [0.4, 0.5) is 17.1 Å². The van der Waals surface area contributed by atoms with Crippen LogP contribution in [0.15, 0.2) is 42.5 Å². The van der Waals surface area contributed by atoms with Gasteiger partial charge in [0.05, 0.1) is 25.3 Å². The van der Waals surface area contributed by atoms with Crippen molar-refractivity contribution in [1.29, 1.82) is 5.26 Å². The van der Waals surface area contributed by atoms with E-state index in [1.54, 1.807) is 13.2 Å². The van der Waals surface area contributed by atoms with Gasteiger partial charge in [0.15, 0.2) is 0 Å². The van der Waals surface area contributed by atoms with Gasteiger partial charge in [0.25, 0.3) is 0 Å². The van der Waals surface area contributed by atoms with Crippen molar-refractivity contribution in [1.82, 2.24) is 0 Å². The normalized spacial score (nSPS) is 9.68. The van der Waals surface area contributed by atoms with Crippen LogP contribution in [0.3, 0.4) is 0 Å². The molecule has 0 spiro atoms. The predicted molar refractivity (Wildman–Crippen MR) is 76.4 cm³/mol. The molecule has 0 aliphatic rings. The van der Waals surface area contributed by atoms with E-state index in [4.69, 9.17) is 15.7 Å². The van der Waals surface area contributed by atoms with Crippen LogP contribution in [0.25, 0.3) is 0 Å². The van der Waals surface area contributed by atoms with Crippen LogP contribution in [0.1, 0.15) is 5.56 Å². The fourth-order valence-corrected chi connectivity index (χ4v) is 1.83. The third-order valence-corrected chi connectivity index (χ3v) is 2.80. The van der Waals surface area contributed by atoms with Crippen molar-refractivity contribution in [3.05, 3.63) is 48.0 Å². The van der Waals surface area contributed by atoms with Crippen molar-refractivity contribution in [2.75, 3.05) is 18.2 Å². The third kappa shape index (κ3) is 2.96. The number of anilines is 3. The first-order chi connectivity index (χ1) is 9.24. The molecule has 0 aliphatic heterocycles. The van der Waals surface area contributed by atoms with E-state index >= 15 is 0 Å². The molecule has 2 aromatic rings. The summed E-state index contributed by atoms with van der Waals surface area (Å²) in [4.78, 5) is 0. The van der Waals surface area contributed by atoms with Crippen LogP contribution in [-0.2, 0) is 6.42 Å². The maximum atomic E-state index is 8.76. The minimum Gasteiger partial charge on any atom is -0.495 e. The number of para-hydroxylation sites is 2. The zero-order valence-electron chi connectivity index (χ0n) is 10.7. The summed E-state index contributed by atoms with van der Waals surface area (Å²) in [5.74, 6) is 0.765. The van der Waals surface area contributed by atoms with Crippen molar-refractivity contribution in [2.24, 2.45) is 0 Å². The van der Waals surface area contributed by atoms with E-state index in [2.05, 4.69) is 11.4 Å². The van der Waals surface area contributed by atoms with Crippen LogP contribution >= 0.6 is 0 Å². The summed E-state index contributed by atoms with van der Waals surface area (Å²) < 4.78 is 5.28. The lowest BCUT2D eigenvalue weighted by molar-refractivity contribution is 0.417. The summed E-state index contributed by atoms with van der Waals surface area (Å²) in [5, 5.41) is 12.0. The average Bonchev–Trinajstić information content (AvgIpc) is 2.43. The molecule has 0 atom stereocenters. The molecule has 0 saturated heterocycles. The molecule has 4 nitrogen and oxygen atoms in total. The molecule has 0 unspecified atom stereocenters. The second-order valence-electron chi connectivity index (χ2n) is 4.07. The van der Waals surface area contributed by atoms with Gasteiger partial charge in [-0.15, -0.1) is 0 Å². The summed E-state index contributed by atoms with van der Waals surface area (Å²) >= 11 is 0. The first kappa shape index (κ1) is 12.8. The van der Waals surface area contributed by atoms with Crippen molar-refractivity contribution >= 4 is 17.1 Å². The van der Waals surface area contributed by atoms with Gasteiger partial charge < -0.3 is 15.8 Å². The molecule has 3 N–H and O–H groups in total. The summed E-state index contributed by atoms with van der Waals surface area (Å²) in [6, 6.07) is 15.3. The van der Waals surface area contributed by atoms with Gasteiger partial charge in [-0.25, -0.2) is 0 Å². The number of nitriles is 1. The van der Waals surface area contributed by atoms with E-state index < -0.39 is 0 Å². The second kappa shape index (κ2) is 5.78. The van der Waals surface area contributed by atoms with E-state index in [1.165, 1.54) is 0 Å². The van der Waals surface area contributed by atoms with Crippen LogP contribution < -0.4 is 15.8 Å². The predicted octanol–water partition coefficient (Wildman–Crippen LogP) is 3.09. The first-order valence-corrected chi connectivity index (χ1v) is 5.90. The number of nitrogens with zero attached hydrogens (tertiary/aromatic N) is 1. The van der Waals surface area contributed by atoms with Gasteiger partial charge in [0.2, 0.25) is 0 Å². The molecule has 0 aromatic heterocycles. The molecule has 0 saturated carbocycles. The highest BCUT2D eigenvalue weighted by molar-refractivity contribution is 5.68. The number of hydrogen-bond donors (Lipinski definition) is 2. The molecule has 0 aliphatic carbocycles. The Morgan fingerprint density at radius 1 is 1.26 bits per heavy atom. The maximum absolute atomic E-state index is 8.76. The summed E-state index contributed by atoms with van der Waals surface area (Å²) in [6.45, 7) is 0. The number of benzene rings is 2. The largest absolute Gasteiger partial charge is 0.495 e. The Kier molecular flexibility index (Phi) is 3.89. The lowest BCUT2D eigenvalue weighted by atomic mass is 10.1. The van der Waals surface area contributed by atoms with E-state index in [0.717, 1.165) is 22.7 Å². The van der Waals surface area contributed by atoms with Crippen LogP contribution in [0.2, 0.25) is 0 Å². The SMILES string of the molecule is COc1ccccc1Nc1ccc(N)c(CC#N)c1. The molecule has 0 amide bonds. The fourth-order valence-electron chi connectivity index (χ4n) is 1.83. The lowest BCUT2D eigenvalue weighted by Gasteiger charge is -2.12. The lowest BCUT2D eigenvalue weighted by Crippen LogP contribution is -1.98. The third-order valence-electron chi connectivity index (χ3n) is 2.80. The molecule has 0 bridgehead atoms. The van der Waals surface area contributed by atoms with Gasteiger partial charge in [-0.1, -0.05) is 12.1 Å². The van der Waals surface area contributed by atoms with E-state index in [9.17, 15) is 0 Å². The van der Waals surface area contributed by atoms with Crippen molar-refractivity contribution < 1.29 is 4.74 Å². The molecule has 0 heterocycles. The molecule has 2 rings (SSSR count). The van der Waals surface area contributed by atoms with Gasteiger partial charge in [0, 0.05) is 11.4 Å². The van der Waals surface area contributed by atoms with Gasteiger partial charge in [0.1, 0.15) is 5.75 Å². The Labute approximate surface area is 112 Å². The number of nitrogens with one attached hydrogen (secondary N) is 1. The quantitative estimate of drug-likeness (QED) is 0.821. The highest BCUT2D eigenvalue weighted by Gasteiger charge is 2.04. The average molecular weight is 253 g/mol.